The number of nitro groups is 1. The van der Waals surface area contributed by atoms with E-state index in [-0.39, 0.29) is 16.7 Å². The highest BCUT2D eigenvalue weighted by molar-refractivity contribution is 5.63. The van der Waals surface area contributed by atoms with Gasteiger partial charge < -0.3 is 5.32 Å². The first-order valence-electron chi connectivity index (χ1n) is 5.99. The molecule has 0 radical (unpaired) electrons. The van der Waals surface area contributed by atoms with Crippen molar-refractivity contribution in [1.29, 1.82) is 0 Å². The van der Waals surface area contributed by atoms with Crippen molar-refractivity contribution in [3.05, 3.63) is 64.0 Å². The maximum Gasteiger partial charge on any atom is 0.292 e. The first-order chi connectivity index (χ1) is 9.08. The summed E-state index contributed by atoms with van der Waals surface area (Å²) in [7, 11) is 0. The monoisotopic (exact) mass is 257 g/mol. The van der Waals surface area contributed by atoms with E-state index in [9.17, 15) is 10.1 Å². The number of hydrogen-bond donors (Lipinski definition) is 1. The number of benzene rings is 1. The molecule has 1 heterocycles. The zero-order valence-corrected chi connectivity index (χ0v) is 10.8. The van der Waals surface area contributed by atoms with Crippen LogP contribution in [0.3, 0.4) is 0 Å². The molecule has 0 fully saturated rings. The molecule has 1 unspecified atom stereocenters. The Kier molecular flexibility index (Phi) is 3.75. The highest BCUT2D eigenvalue weighted by Crippen LogP contribution is 2.28. The van der Waals surface area contributed by atoms with Gasteiger partial charge in [0.25, 0.3) is 5.69 Å². The largest absolute Gasteiger partial charge is 0.373 e. The van der Waals surface area contributed by atoms with E-state index in [4.69, 9.17) is 0 Å². The van der Waals surface area contributed by atoms with E-state index in [0.29, 0.717) is 5.69 Å². The molecule has 0 spiro atoms. The SMILES string of the molecule is Cc1ccc(NC(C)c2ccncc2)c([N+](=O)[O-])c1. The molecule has 2 aromatic rings. The zero-order valence-electron chi connectivity index (χ0n) is 10.8. The summed E-state index contributed by atoms with van der Waals surface area (Å²) < 4.78 is 0. The van der Waals surface area contributed by atoms with Crippen molar-refractivity contribution in [3.8, 4) is 0 Å². The van der Waals surface area contributed by atoms with Crippen LogP contribution in [-0.4, -0.2) is 9.91 Å². The van der Waals surface area contributed by atoms with E-state index in [2.05, 4.69) is 10.3 Å². The minimum atomic E-state index is -0.366. The molecular weight excluding hydrogens is 242 g/mol. The molecule has 1 aromatic carbocycles. The fraction of sp³-hybridized carbons (Fsp3) is 0.214. The quantitative estimate of drug-likeness (QED) is 0.672. The Balaban J connectivity index is 2.26. The van der Waals surface area contributed by atoms with Gasteiger partial charge in [-0.25, -0.2) is 0 Å². The average Bonchev–Trinajstić information content (AvgIpc) is 2.41. The van der Waals surface area contributed by atoms with Crippen molar-refractivity contribution in [1.82, 2.24) is 4.98 Å². The van der Waals surface area contributed by atoms with E-state index in [1.165, 1.54) is 0 Å². The molecule has 2 rings (SSSR count). The minimum absolute atomic E-state index is 0.0237. The van der Waals surface area contributed by atoms with Gasteiger partial charge in [0.1, 0.15) is 5.69 Å². The molecule has 5 nitrogen and oxygen atoms in total. The predicted molar refractivity (Wildman–Crippen MR) is 74.1 cm³/mol. The molecule has 0 bridgehead atoms. The zero-order chi connectivity index (χ0) is 13.8. The van der Waals surface area contributed by atoms with E-state index < -0.39 is 0 Å². The van der Waals surface area contributed by atoms with Gasteiger partial charge in [-0.2, -0.15) is 0 Å². The second-order valence-electron chi connectivity index (χ2n) is 4.42. The van der Waals surface area contributed by atoms with Crippen LogP contribution < -0.4 is 5.32 Å². The van der Waals surface area contributed by atoms with Crippen LogP contribution in [0.25, 0.3) is 0 Å². The summed E-state index contributed by atoms with van der Waals surface area (Å²) in [5.74, 6) is 0. The molecule has 1 aromatic heterocycles. The number of anilines is 1. The molecule has 98 valence electrons. The van der Waals surface area contributed by atoms with Crippen LogP contribution in [0.4, 0.5) is 11.4 Å². The molecule has 0 aliphatic rings. The third-order valence-electron chi connectivity index (χ3n) is 2.93. The standard InChI is InChI=1S/C14H15N3O2/c1-10-3-4-13(14(9-10)17(18)19)16-11(2)12-5-7-15-8-6-12/h3-9,11,16H,1-2H3. The van der Waals surface area contributed by atoms with Crippen molar-refractivity contribution < 1.29 is 4.92 Å². The lowest BCUT2D eigenvalue weighted by molar-refractivity contribution is -0.384. The van der Waals surface area contributed by atoms with Crippen molar-refractivity contribution in [2.45, 2.75) is 19.9 Å². The van der Waals surface area contributed by atoms with Crippen LogP contribution in [0.15, 0.2) is 42.7 Å². The molecule has 1 N–H and O–H groups in total. The summed E-state index contributed by atoms with van der Waals surface area (Å²) in [6.07, 6.45) is 3.41. The third-order valence-corrected chi connectivity index (χ3v) is 2.93. The van der Waals surface area contributed by atoms with Gasteiger partial charge in [0.05, 0.1) is 4.92 Å². The van der Waals surface area contributed by atoms with E-state index in [0.717, 1.165) is 11.1 Å². The van der Waals surface area contributed by atoms with Gasteiger partial charge in [0.2, 0.25) is 0 Å². The first kappa shape index (κ1) is 13.0. The number of rotatable bonds is 4. The second kappa shape index (κ2) is 5.48. The first-order valence-corrected chi connectivity index (χ1v) is 5.99. The molecule has 0 amide bonds. The van der Waals surface area contributed by atoms with Gasteiger partial charge in [0, 0.05) is 24.5 Å². The Hall–Kier alpha value is -2.43. The number of nitrogens with one attached hydrogen (secondary N) is 1. The lowest BCUT2D eigenvalue weighted by Gasteiger charge is -2.15. The maximum atomic E-state index is 11.0. The van der Waals surface area contributed by atoms with E-state index in [1.54, 1.807) is 24.5 Å². The average molecular weight is 257 g/mol. The number of aryl methyl sites for hydroxylation is 1. The van der Waals surface area contributed by atoms with Gasteiger partial charge in [-0.15, -0.1) is 0 Å². The van der Waals surface area contributed by atoms with E-state index >= 15 is 0 Å². The Labute approximate surface area is 111 Å². The van der Waals surface area contributed by atoms with Crippen LogP contribution in [0.2, 0.25) is 0 Å². The molecule has 0 aliphatic heterocycles. The summed E-state index contributed by atoms with van der Waals surface area (Å²) in [4.78, 5) is 14.6. The number of hydrogen-bond acceptors (Lipinski definition) is 4. The van der Waals surface area contributed by atoms with Gasteiger partial charge in [0.15, 0.2) is 0 Å². The Morgan fingerprint density at radius 3 is 2.58 bits per heavy atom. The summed E-state index contributed by atoms with van der Waals surface area (Å²) in [6, 6.07) is 8.92. The smallest absolute Gasteiger partial charge is 0.292 e. The van der Waals surface area contributed by atoms with Crippen LogP contribution in [0.1, 0.15) is 24.1 Å². The highest BCUT2D eigenvalue weighted by atomic mass is 16.6. The van der Waals surface area contributed by atoms with Gasteiger partial charge in [-0.05, 0) is 43.2 Å². The van der Waals surface area contributed by atoms with Crippen molar-refractivity contribution >= 4 is 11.4 Å². The highest BCUT2D eigenvalue weighted by Gasteiger charge is 2.15. The number of nitrogens with zero attached hydrogens (tertiary/aromatic N) is 2. The van der Waals surface area contributed by atoms with Crippen molar-refractivity contribution in [2.75, 3.05) is 5.32 Å². The third kappa shape index (κ3) is 3.07. The second-order valence-corrected chi connectivity index (χ2v) is 4.42. The minimum Gasteiger partial charge on any atom is -0.373 e. The van der Waals surface area contributed by atoms with Crippen LogP contribution in [0.5, 0.6) is 0 Å². The molecular formula is C14H15N3O2. The normalized spacial score (nSPS) is 11.9. The summed E-state index contributed by atoms with van der Waals surface area (Å²) >= 11 is 0. The molecule has 0 aliphatic carbocycles. The molecule has 0 saturated carbocycles. The Morgan fingerprint density at radius 1 is 1.26 bits per heavy atom. The van der Waals surface area contributed by atoms with Crippen molar-refractivity contribution in [2.24, 2.45) is 0 Å². The molecule has 0 saturated heterocycles. The molecule has 1 atom stereocenters. The van der Waals surface area contributed by atoms with Crippen LogP contribution in [0, 0.1) is 17.0 Å². The molecule has 5 heteroatoms. The lowest BCUT2D eigenvalue weighted by Crippen LogP contribution is -2.08. The Morgan fingerprint density at radius 2 is 1.95 bits per heavy atom. The fourth-order valence-corrected chi connectivity index (χ4v) is 1.88. The van der Waals surface area contributed by atoms with Crippen LogP contribution >= 0.6 is 0 Å². The van der Waals surface area contributed by atoms with Crippen LogP contribution in [-0.2, 0) is 0 Å². The molecule has 19 heavy (non-hydrogen) atoms. The number of pyridine rings is 1. The lowest BCUT2D eigenvalue weighted by atomic mass is 10.1. The van der Waals surface area contributed by atoms with Gasteiger partial charge in [-0.1, -0.05) is 6.07 Å². The summed E-state index contributed by atoms with van der Waals surface area (Å²) in [5, 5.41) is 14.2. The maximum absolute atomic E-state index is 11.0. The predicted octanol–water partition coefficient (Wildman–Crippen LogP) is 3.47. The van der Waals surface area contributed by atoms with Crippen molar-refractivity contribution in [3.63, 3.8) is 0 Å². The Bertz CT molecular complexity index is 584. The number of aromatic nitrogens is 1. The van der Waals surface area contributed by atoms with Gasteiger partial charge in [-0.3, -0.25) is 15.1 Å². The summed E-state index contributed by atoms with van der Waals surface area (Å²) in [5.41, 5.74) is 2.53. The fourth-order valence-electron chi connectivity index (χ4n) is 1.88. The van der Waals surface area contributed by atoms with E-state index in [1.807, 2.05) is 32.0 Å². The number of nitro benzene ring substituents is 1. The summed E-state index contributed by atoms with van der Waals surface area (Å²) in [6.45, 7) is 3.79. The van der Waals surface area contributed by atoms with Gasteiger partial charge >= 0.3 is 0 Å². The topological polar surface area (TPSA) is 68.1 Å².